The second kappa shape index (κ2) is 9.32. The molecular formula is C28H29F3N2. The molecule has 33 heavy (non-hydrogen) atoms. The normalized spacial score (nSPS) is 21.9. The van der Waals surface area contributed by atoms with Crippen molar-refractivity contribution in [2.24, 2.45) is 0 Å². The molecule has 172 valence electrons. The molecule has 5 heteroatoms. The molecule has 0 amide bonds. The van der Waals surface area contributed by atoms with Gasteiger partial charge >= 0.3 is 6.18 Å². The number of benzene rings is 3. The Kier molecular flexibility index (Phi) is 6.26. The fourth-order valence-electron chi connectivity index (χ4n) is 5.79. The van der Waals surface area contributed by atoms with Crippen molar-refractivity contribution in [2.45, 2.75) is 43.6 Å². The van der Waals surface area contributed by atoms with Crippen LogP contribution in [-0.4, -0.2) is 41.5 Å². The molecule has 0 unspecified atom stereocenters. The van der Waals surface area contributed by atoms with E-state index in [0.29, 0.717) is 18.2 Å². The van der Waals surface area contributed by atoms with Crippen LogP contribution in [0.5, 0.6) is 0 Å². The van der Waals surface area contributed by atoms with Crippen LogP contribution in [0.2, 0.25) is 0 Å². The molecule has 0 bridgehead atoms. The van der Waals surface area contributed by atoms with Gasteiger partial charge < -0.3 is 0 Å². The summed E-state index contributed by atoms with van der Waals surface area (Å²) in [6.45, 7) is 2.95. The first-order valence-electron chi connectivity index (χ1n) is 11.7. The minimum Gasteiger partial charge on any atom is -0.296 e. The fourth-order valence-corrected chi connectivity index (χ4v) is 5.79. The number of hydrogen-bond donors (Lipinski definition) is 0. The Morgan fingerprint density at radius 2 is 1.39 bits per heavy atom. The third-order valence-corrected chi connectivity index (χ3v) is 7.18. The van der Waals surface area contributed by atoms with Gasteiger partial charge in [0, 0.05) is 37.6 Å². The number of piperazine rings is 1. The highest BCUT2D eigenvalue weighted by Gasteiger charge is 2.42. The first-order chi connectivity index (χ1) is 16.0. The summed E-state index contributed by atoms with van der Waals surface area (Å²) in [5.41, 5.74) is 2.37. The number of hydrogen-bond acceptors (Lipinski definition) is 2. The Bertz CT molecular complexity index is 1010. The molecule has 2 aliphatic rings. The Hall–Kier alpha value is -2.63. The third-order valence-electron chi connectivity index (χ3n) is 7.18. The quantitative estimate of drug-likeness (QED) is 0.458. The van der Waals surface area contributed by atoms with Crippen LogP contribution in [0.4, 0.5) is 13.2 Å². The summed E-state index contributed by atoms with van der Waals surface area (Å²) < 4.78 is 40.9. The zero-order valence-corrected chi connectivity index (χ0v) is 18.6. The SMILES string of the molecule is FC(F)(F)c1ccccc1CN1C[C@@H]2CCCN2[C@H](C(c2ccccc2)c2ccccc2)C1. The Morgan fingerprint density at radius 1 is 0.788 bits per heavy atom. The van der Waals surface area contributed by atoms with Gasteiger partial charge in [0.05, 0.1) is 5.56 Å². The van der Waals surface area contributed by atoms with E-state index in [1.54, 1.807) is 12.1 Å². The van der Waals surface area contributed by atoms with E-state index in [0.717, 1.165) is 32.5 Å². The average molecular weight is 451 g/mol. The van der Waals surface area contributed by atoms with E-state index in [1.165, 1.54) is 23.3 Å². The van der Waals surface area contributed by atoms with Gasteiger partial charge in [0.15, 0.2) is 0 Å². The van der Waals surface area contributed by atoms with Crippen LogP contribution in [0.3, 0.4) is 0 Å². The maximum atomic E-state index is 13.6. The van der Waals surface area contributed by atoms with Gasteiger partial charge in [-0.25, -0.2) is 0 Å². The lowest BCUT2D eigenvalue weighted by molar-refractivity contribution is -0.138. The van der Waals surface area contributed by atoms with Gasteiger partial charge in [0.1, 0.15) is 0 Å². The highest BCUT2D eigenvalue weighted by molar-refractivity contribution is 5.35. The van der Waals surface area contributed by atoms with Crippen molar-refractivity contribution in [3.05, 3.63) is 107 Å². The number of halogens is 3. The van der Waals surface area contributed by atoms with E-state index in [9.17, 15) is 13.2 Å². The molecule has 2 heterocycles. The largest absolute Gasteiger partial charge is 0.416 e. The van der Waals surface area contributed by atoms with Crippen molar-refractivity contribution in [2.75, 3.05) is 19.6 Å². The molecule has 0 saturated carbocycles. The first kappa shape index (κ1) is 22.2. The van der Waals surface area contributed by atoms with E-state index in [4.69, 9.17) is 0 Å². The summed E-state index contributed by atoms with van der Waals surface area (Å²) in [6.07, 6.45) is -2.09. The summed E-state index contributed by atoms with van der Waals surface area (Å²) in [4.78, 5) is 4.87. The van der Waals surface area contributed by atoms with Crippen molar-refractivity contribution in [1.29, 1.82) is 0 Å². The van der Waals surface area contributed by atoms with Gasteiger partial charge in [-0.2, -0.15) is 13.2 Å². The van der Waals surface area contributed by atoms with Gasteiger partial charge in [0.25, 0.3) is 0 Å². The molecule has 2 atom stereocenters. The number of nitrogens with zero attached hydrogens (tertiary/aromatic N) is 2. The molecular weight excluding hydrogens is 421 g/mol. The van der Waals surface area contributed by atoms with Gasteiger partial charge in [-0.15, -0.1) is 0 Å². The summed E-state index contributed by atoms with van der Waals surface area (Å²) >= 11 is 0. The molecule has 2 nitrogen and oxygen atoms in total. The standard InChI is InChI=1S/C28H29F3N2/c29-28(30,31)25-16-8-7-14-23(25)18-32-19-24-15-9-17-33(24)26(20-32)27(21-10-3-1-4-11-21)22-12-5-2-6-13-22/h1-8,10-14,16,24,26-27H,9,15,17-20H2/t24-,26-/m0/s1. The Labute approximate surface area is 193 Å². The van der Waals surface area contributed by atoms with E-state index < -0.39 is 11.7 Å². The number of rotatable bonds is 5. The average Bonchev–Trinajstić information content (AvgIpc) is 3.29. The second-order valence-electron chi connectivity index (χ2n) is 9.25. The second-order valence-corrected chi connectivity index (χ2v) is 9.25. The molecule has 0 N–H and O–H groups in total. The lowest BCUT2D eigenvalue weighted by Crippen LogP contribution is -2.57. The summed E-state index contributed by atoms with van der Waals surface area (Å²) in [6, 6.07) is 27.7. The minimum absolute atomic E-state index is 0.175. The molecule has 3 aromatic carbocycles. The van der Waals surface area contributed by atoms with Crippen molar-refractivity contribution in [3.8, 4) is 0 Å². The molecule has 3 aromatic rings. The topological polar surface area (TPSA) is 6.48 Å². The van der Waals surface area contributed by atoms with Gasteiger partial charge in [-0.05, 0) is 42.1 Å². The van der Waals surface area contributed by atoms with Crippen molar-refractivity contribution in [3.63, 3.8) is 0 Å². The number of alkyl halides is 3. The van der Waals surface area contributed by atoms with E-state index in [1.807, 2.05) is 12.1 Å². The molecule has 5 rings (SSSR count). The van der Waals surface area contributed by atoms with Crippen LogP contribution < -0.4 is 0 Å². The highest BCUT2D eigenvalue weighted by atomic mass is 19.4. The monoisotopic (exact) mass is 450 g/mol. The van der Waals surface area contributed by atoms with Crippen LogP contribution in [0, 0.1) is 0 Å². The molecule has 0 spiro atoms. The predicted octanol–water partition coefficient (Wildman–Crippen LogP) is 6.19. The number of fused-ring (bicyclic) bond motifs is 1. The minimum atomic E-state index is -4.33. The van der Waals surface area contributed by atoms with E-state index >= 15 is 0 Å². The summed E-state index contributed by atoms with van der Waals surface area (Å²) in [5.74, 6) is 0.175. The van der Waals surface area contributed by atoms with Crippen LogP contribution in [-0.2, 0) is 12.7 Å². The third kappa shape index (κ3) is 4.71. The predicted molar refractivity (Wildman–Crippen MR) is 125 cm³/mol. The van der Waals surface area contributed by atoms with Crippen LogP contribution in [0.25, 0.3) is 0 Å². The molecule has 0 radical (unpaired) electrons. The maximum absolute atomic E-state index is 13.6. The van der Waals surface area contributed by atoms with Gasteiger partial charge in [-0.3, -0.25) is 9.80 Å². The van der Waals surface area contributed by atoms with E-state index in [-0.39, 0.29) is 12.0 Å². The smallest absolute Gasteiger partial charge is 0.296 e. The van der Waals surface area contributed by atoms with Gasteiger partial charge in [-0.1, -0.05) is 78.9 Å². The zero-order chi connectivity index (χ0) is 22.8. The summed E-state index contributed by atoms with van der Waals surface area (Å²) in [7, 11) is 0. The van der Waals surface area contributed by atoms with Gasteiger partial charge in [0.2, 0.25) is 0 Å². The molecule has 0 aromatic heterocycles. The zero-order valence-electron chi connectivity index (χ0n) is 18.6. The van der Waals surface area contributed by atoms with Crippen molar-refractivity contribution >= 4 is 0 Å². The highest BCUT2D eigenvalue weighted by Crippen LogP contribution is 2.39. The van der Waals surface area contributed by atoms with E-state index in [2.05, 4.69) is 58.3 Å². The van der Waals surface area contributed by atoms with Crippen LogP contribution in [0.1, 0.15) is 41.0 Å². The molecule has 2 fully saturated rings. The van der Waals surface area contributed by atoms with Crippen LogP contribution in [0.15, 0.2) is 84.9 Å². The maximum Gasteiger partial charge on any atom is 0.416 e. The molecule has 0 aliphatic carbocycles. The lowest BCUT2D eigenvalue weighted by Gasteiger charge is -2.47. The summed E-state index contributed by atoms with van der Waals surface area (Å²) in [5, 5.41) is 0. The van der Waals surface area contributed by atoms with Crippen molar-refractivity contribution < 1.29 is 13.2 Å². The lowest BCUT2D eigenvalue weighted by atomic mass is 9.82. The fraction of sp³-hybridized carbons (Fsp3) is 0.357. The van der Waals surface area contributed by atoms with Crippen LogP contribution >= 0.6 is 0 Å². The molecule has 2 aliphatic heterocycles. The van der Waals surface area contributed by atoms with Crippen molar-refractivity contribution in [1.82, 2.24) is 9.80 Å². The Balaban J connectivity index is 1.49. The molecule has 2 saturated heterocycles. The first-order valence-corrected chi connectivity index (χ1v) is 11.7. The Morgan fingerprint density at radius 3 is 2.03 bits per heavy atom.